The summed E-state index contributed by atoms with van der Waals surface area (Å²) < 4.78 is 23.3. The van der Waals surface area contributed by atoms with Crippen molar-refractivity contribution in [2.24, 2.45) is 0 Å². The summed E-state index contributed by atoms with van der Waals surface area (Å²) in [6.07, 6.45) is 0.657. The number of hydrogen-bond donors (Lipinski definition) is 0. The van der Waals surface area contributed by atoms with E-state index in [1.807, 2.05) is 6.92 Å². The summed E-state index contributed by atoms with van der Waals surface area (Å²) in [5.41, 5.74) is 0. The Bertz CT molecular complexity index is 178. The summed E-state index contributed by atoms with van der Waals surface area (Å²) in [6, 6.07) is 0. The molecule has 5 heteroatoms. The second-order valence-corrected chi connectivity index (χ2v) is 5.26. The van der Waals surface area contributed by atoms with Gasteiger partial charge in [0.05, 0.1) is 5.75 Å². The van der Waals surface area contributed by atoms with Gasteiger partial charge in [-0.3, -0.25) is 0 Å². The van der Waals surface area contributed by atoms with Crippen LogP contribution in [0.25, 0.3) is 0 Å². The highest BCUT2D eigenvalue weighted by molar-refractivity contribution is 9.08. The smallest absolute Gasteiger partial charge is 0.211 e. The Labute approximate surface area is 70.8 Å². The molecule has 0 rings (SSSR count). The summed E-state index contributed by atoms with van der Waals surface area (Å²) in [6.45, 7) is 4.10. The Morgan fingerprint density at radius 1 is 1.40 bits per heavy atom. The van der Waals surface area contributed by atoms with E-state index in [4.69, 9.17) is 0 Å². The zero-order valence-electron chi connectivity index (χ0n) is 6.17. The summed E-state index contributed by atoms with van der Waals surface area (Å²) in [5.74, 6) is 0.214. The van der Waals surface area contributed by atoms with Crippen LogP contribution in [0.3, 0.4) is 0 Å². The first-order valence-electron chi connectivity index (χ1n) is 3.20. The predicted molar refractivity (Wildman–Crippen MR) is 45.4 cm³/mol. The fraction of sp³-hybridized carbons (Fsp3) is 1.00. The maximum Gasteiger partial charge on any atom is 0.223 e. The second kappa shape index (κ2) is 4.31. The van der Waals surface area contributed by atoms with Crippen molar-refractivity contribution in [3.8, 4) is 0 Å². The van der Waals surface area contributed by atoms with Gasteiger partial charge in [-0.25, -0.2) is 8.42 Å². The van der Waals surface area contributed by atoms with Gasteiger partial charge in [0.1, 0.15) is 0 Å². The molecular formula is C5H12BrNO2S. The van der Waals surface area contributed by atoms with Crippen molar-refractivity contribution < 1.29 is 8.42 Å². The van der Waals surface area contributed by atoms with E-state index in [0.29, 0.717) is 13.0 Å². The van der Waals surface area contributed by atoms with Crippen LogP contribution in [0.4, 0.5) is 0 Å². The van der Waals surface area contributed by atoms with Crippen LogP contribution >= 0.6 is 16.1 Å². The molecule has 0 aliphatic carbocycles. The third-order valence-corrected chi connectivity index (χ3v) is 4.62. The van der Waals surface area contributed by atoms with Crippen molar-refractivity contribution >= 4 is 26.2 Å². The normalized spacial score (nSPS) is 12.4. The second-order valence-electron chi connectivity index (χ2n) is 1.92. The highest BCUT2D eigenvalue weighted by Crippen LogP contribution is 2.07. The first-order valence-corrected chi connectivity index (χ1v) is 5.52. The topological polar surface area (TPSA) is 37.4 Å². The van der Waals surface area contributed by atoms with E-state index in [2.05, 4.69) is 16.1 Å². The molecule has 0 fully saturated rings. The lowest BCUT2D eigenvalue weighted by Crippen LogP contribution is -2.23. The van der Waals surface area contributed by atoms with Gasteiger partial charge in [0.2, 0.25) is 10.0 Å². The molecule has 0 aliphatic heterocycles. The molecule has 0 saturated heterocycles. The van der Waals surface area contributed by atoms with Crippen molar-refractivity contribution in [3.05, 3.63) is 0 Å². The fourth-order valence-electron chi connectivity index (χ4n) is 0.554. The van der Waals surface area contributed by atoms with Gasteiger partial charge < -0.3 is 0 Å². The molecule has 0 atom stereocenters. The summed E-state index contributed by atoms with van der Waals surface area (Å²) in [4.78, 5) is 0. The lowest BCUT2D eigenvalue weighted by atomic mass is 10.6. The van der Waals surface area contributed by atoms with Crippen molar-refractivity contribution in [2.45, 2.75) is 20.3 Å². The maximum absolute atomic E-state index is 11.0. The number of nitrogens with zero attached hydrogens (tertiary/aromatic N) is 1. The Kier molecular flexibility index (Phi) is 4.47. The molecule has 0 N–H and O–H groups in total. The van der Waals surface area contributed by atoms with Crippen molar-refractivity contribution in [3.63, 3.8) is 0 Å². The quantitative estimate of drug-likeness (QED) is 0.684. The molecule has 0 spiro atoms. The monoisotopic (exact) mass is 229 g/mol. The highest BCUT2D eigenvalue weighted by atomic mass is 79.9. The van der Waals surface area contributed by atoms with E-state index >= 15 is 0 Å². The maximum atomic E-state index is 11.0. The Morgan fingerprint density at radius 2 is 1.90 bits per heavy atom. The average Bonchev–Trinajstić information content (AvgIpc) is 1.86. The molecule has 0 aromatic rings. The minimum Gasteiger partial charge on any atom is -0.211 e. The minimum absolute atomic E-state index is 0.214. The van der Waals surface area contributed by atoms with Gasteiger partial charge >= 0.3 is 0 Å². The van der Waals surface area contributed by atoms with Gasteiger partial charge in [0.15, 0.2) is 0 Å². The summed E-state index contributed by atoms with van der Waals surface area (Å²) >= 11 is 2.94. The molecule has 0 aliphatic rings. The first kappa shape index (κ1) is 10.4. The van der Waals surface area contributed by atoms with Crippen LogP contribution in [-0.2, 0) is 10.0 Å². The standard InChI is InChI=1S/C5H12BrNO2S/c1-3-5-10(8,9)7(6)4-2/h3-5H2,1-2H3. The lowest BCUT2D eigenvalue weighted by molar-refractivity contribution is 0.553. The van der Waals surface area contributed by atoms with Crippen molar-refractivity contribution in [1.29, 1.82) is 0 Å². The van der Waals surface area contributed by atoms with Crippen LogP contribution in [0.15, 0.2) is 0 Å². The van der Waals surface area contributed by atoms with Crippen LogP contribution in [0.5, 0.6) is 0 Å². The molecule has 0 aromatic heterocycles. The summed E-state index contributed by atoms with van der Waals surface area (Å²) in [7, 11) is -3.01. The zero-order chi connectivity index (χ0) is 8.20. The van der Waals surface area contributed by atoms with E-state index in [9.17, 15) is 8.42 Å². The molecule has 0 bridgehead atoms. The Morgan fingerprint density at radius 3 is 2.20 bits per heavy atom. The van der Waals surface area contributed by atoms with E-state index in [0.717, 1.165) is 0 Å². The van der Waals surface area contributed by atoms with Crippen LogP contribution in [0.1, 0.15) is 20.3 Å². The first-order chi connectivity index (χ1) is 4.54. The van der Waals surface area contributed by atoms with Gasteiger partial charge in [0.25, 0.3) is 0 Å². The van der Waals surface area contributed by atoms with E-state index in [-0.39, 0.29) is 5.75 Å². The zero-order valence-corrected chi connectivity index (χ0v) is 8.57. The molecule has 0 radical (unpaired) electrons. The van der Waals surface area contributed by atoms with Crippen LogP contribution in [-0.4, -0.2) is 24.0 Å². The van der Waals surface area contributed by atoms with E-state index < -0.39 is 10.0 Å². The minimum atomic E-state index is -3.01. The highest BCUT2D eigenvalue weighted by Gasteiger charge is 2.15. The molecule has 0 aromatic carbocycles. The SMILES string of the molecule is CCCS(=O)(=O)N(Br)CC. The van der Waals surface area contributed by atoms with E-state index in [1.54, 1.807) is 6.92 Å². The molecule has 0 saturated carbocycles. The number of halogens is 1. The lowest BCUT2D eigenvalue weighted by Gasteiger charge is -2.10. The third kappa shape index (κ3) is 2.98. The van der Waals surface area contributed by atoms with Gasteiger partial charge in [-0.1, -0.05) is 13.8 Å². The van der Waals surface area contributed by atoms with Crippen LogP contribution < -0.4 is 0 Å². The molecule has 62 valence electrons. The number of rotatable bonds is 4. The third-order valence-electron chi connectivity index (χ3n) is 1.01. The van der Waals surface area contributed by atoms with Gasteiger partial charge in [0, 0.05) is 22.7 Å². The van der Waals surface area contributed by atoms with Gasteiger partial charge in [-0.05, 0) is 6.42 Å². The molecule has 10 heavy (non-hydrogen) atoms. The molecule has 3 nitrogen and oxygen atoms in total. The van der Waals surface area contributed by atoms with Gasteiger partial charge in [-0.15, -0.1) is 3.33 Å². The molecular weight excluding hydrogens is 218 g/mol. The Balaban J connectivity index is 4.12. The van der Waals surface area contributed by atoms with E-state index in [1.165, 1.54) is 3.33 Å². The van der Waals surface area contributed by atoms with Crippen LogP contribution in [0, 0.1) is 0 Å². The Hall–Kier alpha value is 0.390. The number of hydrogen-bond acceptors (Lipinski definition) is 2. The van der Waals surface area contributed by atoms with Crippen LogP contribution in [0.2, 0.25) is 0 Å². The largest absolute Gasteiger partial charge is 0.223 e. The average molecular weight is 230 g/mol. The summed E-state index contributed by atoms with van der Waals surface area (Å²) in [5, 5.41) is 0. The predicted octanol–water partition coefficient (Wildman–Crippen LogP) is 1.36. The molecule has 0 unspecified atom stereocenters. The van der Waals surface area contributed by atoms with Crippen molar-refractivity contribution in [1.82, 2.24) is 3.33 Å². The number of sulfonamides is 1. The van der Waals surface area contributed by atoms with Crippen molar-refractivity contribution in [2.75, 3.05) is 12.3 Å². The fourth-order valence-corrected chi connectivity index (χ4v) is 2.10. The molecule has 0 heterocycles. The molecule has 0 amide bonds. The van der Waals surface area contributed by atoms with Gasteiger partial charge in [-0.2, -0.15) is 0 Å².